The predicted molar refractivity (Wildman–Crippen MR) is 95.8 cm³/mol. The summed E-state index contributed by atoms with van der Waals surface area (Å²) in [6, 6.07) is 8.04. The number of benzene rings is 1. The monoisotopic (exact) mass is 389 g/mol. The fourth-order valence-corrected chi connectivity index (χ4v) is 3.68. The molecule has 1 aromatic carbocycles. The molecule has 2 aromatic rings. The Hall–Kier alpha value is -2.90. The number of alkyl halides is 3. The van der Waals surface area contributed by atoms with Gasteiger partial charge in [-0.3, -0.25) is 9.78 Å². The Morgan fingerprint density at radius 2 is 1.96 bits per heavy atom. The van der Waals surface area contributed by atoms with Crippen LogP contribution in [0.3, 0.4) is 0 Å². The van der Waals surface area contributed by atoms with Crippen LogP contribution in [0.5, 0.6) is 0 Å². The Morgan fingerprint density at radius 3 is 2.64 bits per heavy atom. The van der Waals surface area contributed by atoms with Gasteiger partial charge >= 0.3 is 6.18 Å². The van der Waals surface area contributed by atoms with Crippen molar-refractivity contribution >= 4 is 11.6 Å². The lowest BCUT2D eigenvalue weighted by atomic mass is 9.86. The molecule has 5 nitrogen and oxygen atoms in total. The standard InChI is InChI=1S/C20H18F3N3O2/c21-20(22,23)16-6-4-14(5-7-16)18(27)26-10-2-8-19(13-26)11-17(25-28-19)15-3-1-9-24-12-15/h1,3-7,9,12H,2,8,10-11,13H2. The molecule has 1 fully saturated rings. The predicted octanol–water partition coefficient (Wildman–Crippen LogP) is 3.90. The number of rotatable bonds is 2. The van der Waals surface area contributed by atoms with E-state index in [0.29, 0.717) is 19.5 Å². The molecule has 146 valence electrons. The molecule has 1 unspecified atom stereocenters. The van der Waals surface area contributed by atoms with Crippen LogP contribution in [0.15, 0.2) is 53.9 Å². The van der Waals surface area contributed by atoms with Gasteiger partial charge in [0.15, 0.2) is 5.60 Å². The maximum Gasteiger partial charge on any atom is 0.416 e. The lowest BCUT2D eigenvalue weighted by molar-refractivity contribution is -0.137. The second kappa shape index (κ2) is 6.92. The molecule has 0 N–H and O–H groups in total. The van der Waals surface area contributed by atoms with Crippen LogP contribution in [0.2, 0.25) is 0 Å². The number of carbonyl (C=O) groups excluding carboxylic acids is 1. The van der Waals surface area contributed by atoms with Crippen LogP contribution in [0.25, 0.3) is 0 Å². The second-order valence-corrected chi connectivity index (χ2v) is 7.14. The zero-order valence-electron chi connectivity index (χ0n) is 14.9. The third kappa shape index (κ3) is 3.58. The molecule has 1 atom stereocenters. The smallest absolute Gasteiger partial charge is 0.387 e. The normalized spacial score (nSPS) is 22.1. The summed E-state index contributed by atoms with van der Waals surface area (Å²) in [5.74, 6) is -0.300. The first kappa shape index (κ1) is 18.5. The third-order valence-corrected chi connectivity index (χ3v) is 5.12. The second-order valence-electron chi connectivity index (χ2n) is 7.14. The molecule has 1 spiro atoms. The van der Waals surface area contributed by atoms with E-state index in [-0.39, 0.29) is 11.5 Å². The Kier molecular flexibility index (Phi) is 4.56. The molecule has 2 aliphatic heterocycles. The van der Waals surface area contributed by atoms with Crippen LogP contribution in [-0.4, -0.2) is 40.2 Å². The number of oxime groups is 1. The highest BCUT2D eigenvalue weighted by Crippen LogP contribution is 2.35. The van der Waals surface area contributed by atoms with Crippen molar-refractivity contribution in [3.63, 3.8) is 0 Å². The molecule has 1 aromatic heterocycles. The molecule has 2 aliphatic rings. The summed E-state index contributed by atoms with van der Waals surface area (Å²) < 4.78 is 38.2. The van der Waals surface area contributed by atoms with E-state index in [4.69, 9.17) is 4.84 Å². The van der Waals surface area contributed by atoms with Gasteiger partial charge in [0.2, 0.25) is 0 Å². The first-order valence-corrected chi connectivity index (χ1v) is 8.98. The Labute approximate surface area is 159 Å². The Balaban J connectivity index is 1.46. The lowest BCUT2D eigenvalue weighted by Crippen LogP contribution is -2.50. The molecule has 0 bridgehead atoms. The van der Waals surface area contributed by atoms with E-state index in [1.807, 2.05) is 12.1 Å². The van der Waals surface area contributed by atoms with E-state index in [0.717, 1.165) is 36.2 Å². The number of aromatic nitrogens is 1. The van der Waals surface area contributed by atoms with Gasteiger partial charge in [-0.1, -0.05) is 5.16 Å². The van der Waals surface area contributed by atoms with Gasteiger partial charge in [-0.05, 0) is 49.2 Å². The minimum absolute atomic E-state index is 0.233. The van der Waals surface area contributed by atoms with E-state index in [1.54, 1.807) is 17.3 Å². The van der Waals surface area contributed by atoms with Crippen molar-refractivity contribution in [1.29, 1.82) is 0 Å². The fourth-order valence-electron chi connectivity index (χ4n) is 3.68. The van der Waals surface area contributed by atoms with Crippen LogP contribution < -0.4 is 0 Å². The van der Waals surface area contributed by atoms with E-state index in [9.17, 15) is 18.0 Å². The van der Waals surface area contributed by atoms with E-state index in [1.165, 1.54) is 12.1 Å². The lowest BCUT2D eigenvalue weighted by Gasteiger charge is -2.38. The van der Waals surface area contributed by atoms with Crippen molar-refractivity contribution in [3.05, 3.63) is 65.5 Å². The van der Waals surface area contributed by atoms with Gasteiger partial charge in [0.1, 0.15) is 0 Å². The first-order valence-electron chi connectivity index (χ1n) is 8.98. The maximum absolute atomic E-state index is 12.8. The zero-order chi connectivity index (χ0) is 19.8. The van der Waals surface area contributed by atoms with Gasteiger partial charge in [0.25, 0.3) is 5.91 Å². The molecule has 3 heterocycles. The van der Waals surface area contributed by atoms with Gasteiger partial charge < -0.3 is 9.74 Å². The number of likely N-dealkylation sites (tertiary alicyclic amines) is 1. The number of nitrogens with zero attached hydrogens (tertiary/aromatic N) is 3. The molecule has 1 amide bonds. The van der Waals surface area contributed by atoms with Crippen LogP contribution in [0.1, 0.15) is 40.7 Å². The molecule has 8 heteroatoms. The largest absolute Gasteiger partial charge is 0.416 e. The first-order chi connectivity index (χ1) is 13.4. The molecule has 28 heavy (non-hydrogen) atoms. The zero-order valence-corrected chi connectivity index (χ0v) is 14.9. The quantitative estimate of drug-likeness (QED) is 0.783. The molecular formula is C20H18F3N3O2. The highest BCUT2D eigenvalue weighted by atomic mass is 19.4. The fraction of sp³-hybridized carbons (Fsp3) is 0.350. The van der Waals surface area contributed by atoms with Crippen LogP contribution in [-0.2, 0) is 11.0 Å². The molecule has 1 saturated heterocycles. The third-order valence-electron chi connectivity index (χ3n) is 5.12. The van der Waals surface area contributed by atoms with Crippen molar-refractivity contribution in [2.45, 2.75) is 31.0 Å². The van der Waals surface area contributed by atoms with Gasteiger partial charge in [0, 0.05) is 36.5 Å². The minimum atomic E-state index is -4.42. The highest BCUT2D eigenvalue weighted by Gasteiger charge is 2.44. The summed E-state index contributed by atoms with van der Waals surface area (Å²) in [7, 11) is 0. The Bertz CT molecular complexity index is 897. The van der Waals surface area contributed by atoms with E-state index < -0.39 is 17.3 Å². The summed E-state index contributed by atoms with van der Waals surface area (Å²) in [4.78, 5) is 24.3. The topological polar surface area (TPSA) is 54.8 Å². The number of amides is 1. The summed E-state index contributed by atoms with van der Waals surface area (Å²) in [6.07, 6.45) is 1.04. The van der Waals surface area contributed by atoms with Gasteiger partial charge in [-0.25, -0.2) is 0 Å². The minimum Gasteiger partial charge on any atom is -0.387 e. The van der Waals surface area contributed by atoms with Crippen LogP contribution in [0, 0.1) is 0 Å². The molecular weight excluding hydrogens is 371 g/mol. The van der Waals surface area contributed by atoms with Crippen molar-refractivity contribution in [2.24, 2.45) is 5.16 Å². The van der Waals surface area contributed by atoms with Crippen molar-refractivity contribution < 1.29 is 22.8 Å². The van der Waals surface area contributed by atoms with Crippen molar-refractivity contribution in [2.75, 3.05) is 13.1 Å². The number of pyridine rings is 1. The molecule has 0 saturated carbocycles. The molecule has 4 rings (SSSR count). The average Bonchev–Trinajstić information content (AvgIpc) is 3.10. The van der Waals surface area contributed by atoms with Gasteiger partial charge in [-0.15, -0.1) is 0 Å². The number of hydrogen-bond donors (Lipinski definition) is 0. The number of hydrogen-bond acceptors (Lipinski definition) is 4. The van der Waals surface area contributed by atoms with Crippen LogP contribution >= 0.6 is 0 Å². The van der Waals surface area contributed by atoms with E-state index >= 15 is 0 Å². The van der Waals surface area contributed by atoms with Gasteiger partial charge in [0.05, 0.1) is 17.8 Å². The average molecular weight is 389 g/mol. The number of piperidine rings is 1. The maximum atomic E-state index is 12.8. The number of halogens is 3. The SMILES string of the molecule is O=C(c1ccc(C(F)(F)F)cc1)N1CCCC2(CC(c3cccnc3)=NO2)C1. The van der Waals surface area contributed by atoms with Crippen molar-refractivity contribution in [3.8, 4) is 0 Å². The summed E-state index contributed by atoms with van der Waals surface area (Å²) in [5.41, 5.74) is 0.539. The van der Waals surface area contributed by atoms with Crippen LogP contribution in [0.4, 0.5) is 13.2 Å². The molecule has 0 aliphatic carbocycles. The molecule has 0 radical (unpaired) electrons. The number of carbonyl (C=O) groups is 1. The highest BCUT2D eigenvalue weighted by molar-refractivity contribution is 6.01. The summed E-state index contributed by atoms with van der Waals surface area (Å²) in [5, 5.41) is 4.20. The summed E-state index contributed by atoms with van der Waals surface area (Å²) in [6.45, 7) is 0.882. The van der Waals surface area contributed by atoms with Crippen molar-refractivity contribution in [1.82, 2.24) is 9.88 Å². The van der Waals surface area contributed by atoms with Gasteiger partial charge in [-0.2, -0.15) is 13.2 Å². The Morgan fingerprint density at radius 1 is 1.18 bits per heavy atom. The summed E-state index contributed by atoms with van der Waals surface area (Å²) >= 11 is 0. The van der Waals surface area contributed by atoms with E-state index in [2.05, 4.69) is 10.1 Å².